The zero-order valence-electron chi connectivity index (χ0n) is 8.88. The van der Waals surface area contributed by atoms with Gasteiger partial charge in [-0.25, -0.2) is 4.98 Å². The lowest BCUT2D eigenvalue weighted by atomic mass is 10.0. The molecule has 1 atom stereocenters. The van der Waals surface area contributed by atoms with E-state index in [1.165, 1.54) is 7.11 Å². The van der Waals surface area contributed by atoms with Crippen LogP contribution in [0.15, 0.2) is 6.33 Å². The molecule has 1 unspecified atom stereocenters. The van der Waals surface area contributed by atoms with Crippen molar-refractivity contribution in [3.8, 4) is 0 Å². The lowest BCUT2D eigenvalue weighted by Gasteiger charge is -2.37. The van der Waals surface area contributed by atoms with Crippen molar-refractivity contribution >= 4 is 5.97 Å². The number of esters is 1. The van der Waals surface area contributed by atoms with E-state index in [4.69, 9.17) is 4.74 Å². The summed E-state index contributed by atoms with van der Waals surface area (Å²) in [4.78, 5) is 17.4. The number of carbonyl (C=O) groups excluding carboxylic acids is 1. The van der Waals surface area contributed by atoms with Crippen molar-refractivity contribution in [2.75, 3.05) is 13.7 Å². The molecule has 82 valence electrons. The van der Waals surface area contributed by atoms with Gasteiger partial charge in [0.15, 0.2) is 5.82 Å². The summed E-state index contributed by atoms with van der Waals surface area (Å²) in [6.07, 6.45) is 2.52. The van der Waals surface area contributed by atoms with Crippen LogP contribution < -0.4 is 0 Å². The van der Waals surface area contributed by atoms with E-state index in [0.717, 1.165) is 18.8 Å². The van der Waals surface area contributed by atoms with E-state index in [-0.39, 0.29) is 12.0 Å². The number of carbonyl (C=O) groups is 1. The maximum absolute atomic E-state index is 11.3. The first-order valence-corrected chi connectivity index (χ1v) is 4.87. The molecular weight excluding hydrogens is 196 g/mol. The lowest BCUT2D eigenvalue weighted by molar-refractivity contribution is -0.152. The van der Waals surface area contributed by atoms with Crippen molar-refractivity contribution in [2.45, 2.75) is 19.0 Å². The third-order valence-corrected chi connectivity index (χ3v) is 2.60. The molecule has 0 amide bonds. The summed E-state index contributed by atoms with van der Waals surface area (Å²) in [6.45, 7) is 1.51. The molecule has 6 heteroatoms. The SMILES string of the molecule is COC(=O)C1CCN1Cc1ncn(C)n1. The number of aryl methyl sites for hydroxylation is 1. The first kappa shape index (κ1) is 10.1. The van der Waals surface area contributed by atoms with E-state index in [1.807, 2.05) is 11.9 Å². The Kier molecular flexibility index (Phi) is 2.68. The first-order chi connectivity index (χ1) is 7.20. The highest BCUT2D eigenvalue weighted by Crippen LogP contribution is 2.20. The molecule has 2 rings (SSSR count). The van der Waals surface area contributed by atoms with Gasteiger partial charge in [-0.05, 0) is 6.42 Å². The summed E-state index contributed by atoms with van der Waals surface area (Å²) < 4.78 is 6.36. The van der Waals surface area contributed by atoms with Gasteiger partial charge in [0, 0.05) is 13.6 Å². The number of methoxy groups -OCH3 is 1. The van der Waals surface area contributed by atoms with Crippen molar-refractivity contribution in [2.24, 2.45) is 7.05 Å². The second-order valence-electron chi connectivity index (χ2n) is 3.63. The highest BCUT2D eigenvalue weighted by Gasteiger charge is 2.35. The van der Waals surface area contributed by atoms with Gasteiger partial charge in [0.05, 0.1) is 13.7 Å². The highest BCUT2D eigenvalue weighted by atomic mass is 16.5. The number of hydrogen-bond donors (Lipinski definition) is 0. The van der Waals surface area contributed by atoms with Crippen LogP contribution in [0, 0.1) is 0 Å². The van der Waals surface area contributed by atoms with Crippen LogP contribution in [0.2, 0.25) is 0 Å². The predicted molar refractivity (Wildman–Crippen MR) is 51.8 cm³/mol. The summed E-state index contributed by atoms with van der Waals surface area (Å²) in [6, 6.07) is -0.112. The topological polar surface area (TPSA) is 60.2 Å². The molecule has 2 heterocycles. The van der Waals surface area contributed by atoms with Crippen LogP contribution in [0.3, 0.4) is 0 Å². The summed E-state index contributed by atoms with van der Waals surface area (Å²) >= 11 is 0. The van der Waals surface area contributed by atoms with E-state index in [0.29, 0.717) is 6.54 Å². The summed E-state index contributed by atoms with van der Waals surface area (Å²) in [5.74, 6) is 0.572. The molecule has 1 aliphatic heterocycles. The van der Waals surface area contributed by atoms with Crippen LogP contribution in [0.5, 0.6) is 0 Å². The summed E-state index contributed by atoms with van der Waals surface area (Å²) in [5, 5.41) is 4.16. The first-order valence-electron chi connectivity index (χ1n) is 4.87. The Morgan fingerprint density at radius 3 is 3.00 bits per heavy atom. The van der Waals surface area contributed by atoms with Crippen LogP contribution in [0.1, 0.15) is 12.2 Å². The monoisotopic (exact) mass is 210 g/mol. The van der Waals surface area contributed by atoms with Gasteiger partial charge in [0.1, 0.15) is 12.4 Å². The second-order valence-corrected chi connectivity index (χ2v) is 3.63. The third-order valence-electron chi connectivity index (χ3n) is 2.60. The molecule has 1 saturated heterocycles. The van der Waals surface area contributed by atoms with E-state index < -0.39 is 0 Å². The Morgan fingerprint density at radius 1 is 1.73 bits per heavy atom. The van der Waals surface area contributed by atoms with Crippen molar-refractivity contribution < 1.29 is 9.53 Å². The fourth-order valence-corrected chi connectivity index (χ4v) is 1.67. The maximum atomic E-state index is 11.3. The molecule has 1 aromatic heterocycles. The fourth-order valence-electron chi connectivity index (χ4n) is 1.67. The maximum Gasteiger partial charge on any atom is 0.323 e. The zero-order chi connectivity index (χ0) is 10.8. The number of rotatable bonds is 3. The molecule has 1 aliphatic rings. The molecule has 0 aromatic carbocycles. The van der Waals surface area contributed by atoms with Gasteiger partial charge in [-0.15, -0.1) is 0 Å². The van der Waals surface area contributed by atoms with Gasteiger partial charge in [-0.2, -0.15) is 5.10 Å². The molecule has 0 aliphatic carbocycles. The molecule has 15 heavy (non-hydrogen) atoms. The van der Waals surface area contributed by atoms with Gasteiger partial charge >= 0.3 is 5.97 Å². The Labute approximate surface area is 87.8 Å². The molecule has 0 bridgehead atoms. The Morgan fingerprint density at radius 2 is 2.53 bits per heavy atom. The molecule has 1 fully saturated rings. The summed E-state index contributed by atoms with van der Waals surface area (Å²) in [5.41, 5.74) is 0. The van der Waals surface area contributed by atoms with Crippen molar-refractivity contribution in [3.05, 3.63) is 12.2 Å². The average Bonchev–Trinajstić information content (AvgIpc) is 2.58. The minimum absolute atomic E-state index is 0.112. The Bertz CT molecular complexity index is 363. The van der Waals surface area contributed by atoms with E-state index >= 15 is 0 Å². The normalized spacial score (nSPS) is 21.1. The van der Waals surface area contributed by atoms with Gasteiger partial charge in [-0.1, -0.05) is 0 Å². The quantitative estimate of drug-likeness (QED) is 0.633. The Hall–Kier alpha value is -1.43. The minimum Gasteiger partial charge on any atom is -0.468 e. The van der Waals surface area contributed by atoms with Crippen molar-refractivity contribution in [1.29, 1.82) is 0 Å². The van der Waals surface area contributed by atoms with Crippen LogP contribution >= 0.6 is 0 Å². The molecular formula is C9H14N4O2. The zero-order valence-corrected chi connectivity index (χ0v) is 8.88. The molecule has 0 N–H and O–H groups in total. The van der Waals surface area contributed by atoms with Gasteiger partial charge < -0.3 is 4.74 Å². The van der Waals surface area contributed by atoms with E-state index in [9.17, 15) is 4.79 Å². The number of aromatic nitrogens is 3. The second kappa shape index (κ2) is 3.98. The largest absolute Gasteiger partial charge is 0.468 e. The van der Waals surface area contributed by atoms with Crippen molar-refractivity contribution in [1.82, 2.24) is 19.7 Å². The number of ether oxygens (including phenoxy) is 1. The fraction of sp³-hybridized carbons (Fsp3) is 0.667. The van der Waals surface area contributed by atoms with Crippen LogP contribution in [-0.2, 0) is 23.1 Å². The van der Waals surface area contributed by atoms with Gasteiger partial charge in [0.2, 0.25) is 0 Å². The van der Waals surface area contributed by atoms with Gasteiger partial charge in [0.25, 0.3) is 0 Å². The predicted octanol–water partition coefficient (Wildman–Crippen LogP) is -0.438. The molecule has 0 radical (unpaired) electrons. The Balaban J connectivity index is 1.93. The van der Waals surface area contributed by atoms with E-state index in [1.54, 1.807) is 11.0 Å². The standard InChI is InChI=1S/C9H14N4O2/c1-12-6-10-8(11-12)5-13-4-3-7(13)9(14)15-2/h6-7H,3-5H2,1-2H3. The van der Waals surface area contributed by atoms with Crippen LogP contribution in [0.25, 0.3) is 0 Å². The number of likely N-dealkylation sites (tertiary alicyclic amines) is 1. The van der Waals surface area contributed by atoms with E-state index in [2.05, 4.69) is 10.1 Å². The van der Waals surface area contributed by atoms with Gasteiger partial charge in [-0.3, -0.25) is 14.4 Å². The molecule has 0 spiro atoms. The number of hydrogen-bond acceptors (Lipinski definition) is 5. The minimum atomic E-state index is -0.169. The van der Waals surface area contributed by atoms with Crippen molar-refractivity contribution in [3.63, 3.8) is 0 Å². The average molecular weight is 210 g/mol. The van der Waals surface area contributed by atoms with Crippen LogP contribution in [0.4, 0.5) is 0 Å². The molecule has 1 aromatic rings. The smallest absolute Gasteiger partial charge is 0.323 e. The third kappa shape index (κ3) is 1.99. The highest BCUT2D eigenvalue weighted by molar-refractivity contribution is 5.76. The molecule has 6 nitrogen and oxygen atoms in total. The lowest BCUT2D eigenvalue weighted by Crippen LogP contribution is -2.52. The number of nitrogens with zero attached hydrogens (tertiary/aromatic N) is 4. The van der Waals surface area contributed by atoms with Crippen LogP contribution in [-0.4, -0.2) is 45.3 Å². The molecule has 0 saturated carbocycles. The summed E-state index contributed by atoms with van der Waals surface area (Å²) in [7, 11) is 3.24.